The highest BCUT2D eigenvalue weighted by molar-refractivity contribution is 6.12. The molecule has 3 heterocycles. The summed E-state index contributed by atoms with van der Waals surface area (Å²) >= 11 is 0. The van der Waals surface area contributed by atoms with Crippen LogP contribution in [-0.4, -0.2) is 14.1 Å². The van der Waals surface area contributed by atoms with Crippen LogP contribution in [0, 0.1) is 25.2 Å². The second-order valence-corrected chi connectivity index (χ2v) is 11.0. The molecule has 42 heavy (non-hydrogen) atoms. The maximum atomic E-state index is 9.87. The Hall–Kier alpha value is -5.66. The smallest absolute Gasteiger partial charge is 0.0991 e. The van der Waals surface area contributed by atoms with Gasteiger partial charge in [-0.1, -0.05) is 72.8 Å². The van der Waals surface area contributed by atoms with E-state index in [2.05, 4.69) is 120 Å². The predicted molar refractivity (Wildman–Crippen MR) is 173 cm³/mol. The van der Waals surface area contributed by atoms with Crippen LogP contribution in [0.1, 0.15) is 16.7 Å². The van der Waals surface area contributed by atoms with Gasteiger partial charge in [0.15, 0.2) is 0 Å². The molecule has 0 fully saturated rings. The van der Waals surface area contributed by atoms with E-state index >= 15 is 0 Å². The zero-order valence-corrected chi connectivity index (χ0v) is 23.3. The number of nitrogens with zero attached hydrogens (tertiary/aromatic N) is 4. The SMILES string of the molecule is Cc1ccc2c3ccccc3n(-c3cncc(-n4c5ccccc5c5ccc(C)cc54)c3-c3cccc(C#N)c3)c2c1. The van der Waals surface area contributed by atoms with Crippen molar-refractivity contribution in [2.24, 2.45) is 0 Å². The van der Waals surface area contributed by atoms with Crippen LogP contribution in [0.15, 0.2) is 122 Å². The highest BCUT2D eigenvalue weighted by Crippen LogP contribution is 2.41. The van der Waals surface area contributed by atoms with Gasteiger partial charge in [0, 0.05) is 27.1 Å². The molecule has 198 valence electrons. The Balaban J connectivity index is 1.58. The standard InChI is InChI=1S/C38H26N4/c1-24-14-16-30-28-10-3-5-12-32(28)41(34(30)18-24)36-22-40-23-37(38(36)27-9-7-8-26(20-27)21-39)42-33-13-6-4-11-29(33)31-17-15-25(2)19-35(31)42/h3-20,22-23H,1-2H3. The molecule has 0 atom stereocenters. The lowest BCUT2D eigenvalue weighted by Crippen LogP contribution is -2.05. The number of aryl methyl sites for hydroxylation is 2. The normalized spacial score (nSPS) is 11.5. The third-order valence-corrected chi connectivity index (χ3v) is 8.33. The van der Waals surface area contributed by atoms with Gasteiger partial charge in [0.2, 0.25) is 0 Å². The molecule has 0 amide bonds. The number of hydrogen-bond acceptors (Lipinski definition) is 2. The van der Waals surface area contributed by atoms with Gasteiger partial charge in [-0.2, -0.15) is 5.26 Å². The van der Waals surface area contributed by atoms with Gasteiger partial charge in [0.25, 0.3) is 0 Å². The van der Waals surface area contributed by atoms with Gasteiger partial charge in [-0.15, -0.1) is 0 Å². The average molecular weight is 539 g/mol. The van der Waals surface area contributed by atoms with Crippen molar-refractivity contribution in [1.29, 1.82) is 5.26 Å². The molecule has 0 saturated heterocycles. The predicted octanol–water partition coefficient (Wildman–Crippen LogP) is 9.43. The van der Waals surface area contributed by atoms with Crippen molar-refractivity contribution in [3.8, 4) is 28.6 Å². The summed E-state index contributed by atoms with van der Waals surface area (Å²) in [7, 11) is 0. The molecule has 0 radical (unpaired) electrons. The van der Waals surface area contributed by atoms with Gasteiger partial charge in [0.1, 0.15) is 0 Å². The van der Waals surface area contributed by atoms with Crippen molar-refractivity contribution in [3.63, 3.8) is 0 Å². The van der Waals surface area contributed by atoms with Crippen molar-refractivity contribution < 1.29 is 0 Å². The van der Waals surface area contributed by atoms with Gasteiger partial charge in [-0.3, -0.25) is 4.98 Å². The van der Waals surface area contributed by atoms with Gasteiger partial charge in [0.05, 0.1) is 57.5 Å². The fourth-order valence-corrected chi connectivity index (χ4v) is 6.50. The summed E-state index contributed by atoms with van der Waals surface area (Å²) in [5.74, 6) is 0. The van der Waals surface area contributed by atoms with Gasteiger partial charge in [-0.25, -0.2) is 0 Å². The first-order valence-electron chi connectivity index (χ1n) is 14.1. The number of hydrogen-bond donors (Lipinski definition) is 0. The van der Waals surface area contributed by atoms with Crippen molar-refractivity contribution in [2.75, 3.05) is 0 Å². The summed E-state index contributed by atoms with van der Waals surface area (Å²) in [5, 5.41) is 14.7. The van der Waals surface area contributed by atoms with Crippen LogP contribution in [0.2, 0.25) is 0 Å². The second-order valence-electron chi connectivity index (χ2n) is 11.0. The van der Waals surface area contributed by atoms with Gasteiger partial charge < -0.3 is 9.13 Å². The van der Waals surface area contributed by atoms with Crippen LogP contribution in [0.5, 0.6) is 0 Å². The molecule has 8 rings (SSSR count). The maximum absolute atomic E-state index is 9.87. The zero-order chi connectivity index (χ0) is 28.4. The zero-order valence-electron chi connectivity index (χ0n) is 23.3. The van der Waals surface area contributed by atoms with Gasteiger partial charge >= 0.3 is 0 Å². The molecule has 0 aliphatic heterocycles. The largest absolute Gasteiger partial charge is 0.307 e. The molecule has 0 unspecified atom stereocenters. The minimum Gasteiger partial charge on any atom is -0.307 e. The van der Waals surface area contributed by atoms with Crippen molar-refractivity contribution in [2.45, 2.75) is 13.8 Å². The summed E-state index contributed by atoms with van der Waals surface area (Å²) in [6.45, 7) is 4.27. The number of rotatable bonds is 3. The Labute approximate surface area is 243 Å². The third kappa shape index (κ3) is 3.51. The van der Waals surface area contributed by atoms with E-state index in [1.165, 1.54) is 32.7 Å². The first-order valence-corrected chi connectivity index (χ1v) is 14.1. The van der Waals surface area contributed by atoms with Crippen molar-refractivity contribution >= 4 is 43.6 Å². The average Bonchev–Trinajstić information content (AvgIpc) is 3.52. The van der Waals surface area contributed by atoms with Crippen molar-refractivity contribution in [1.82, 2.24) is 14.1 Å². The monoisotopic (exact) mass is 538 g/mol. The fourth-order valence-electron chi connectivity index (χ4n) is 6.50. The molecular weight excluding hydrogens is 512 g/mol. The number of aromatic nitrogens is 3. The molecule has 0 N–H and O–H groups in total. The summed E-state index contributed by atoms with van der Waals surface area (Å²) in [6, 6.07) is 40.6. The second kappa shape index (κ2) is 9.19. The van der Waals surface area contributed by atoms with E-state index in [4.69, 9.17) is 4.98 Å². The maximum Gasteiger partial charge on any atom is 0.0991 e. The Morgan fingerprint density at radius 1 is 0.548 bits per heavy atom. The Kier molecular flexibility index (Phi) is 5.29. The van der Waals surface area contributed by atoms with E-state index in [1.807, 2.05) is 30.6 Å². The first-order chi connectivity index (χ1) is 20.6. The lowest BCUT2D eigenvalue weighted by molar-refractivity contribution is 1.09. The van der Waals surface area contributed by atoms with Crippen molar-refractivity contribution in [3.05, 3.63) is 138 Å². The van der Waals surface area contributed by atoms with E-state index in [9.17, 15) is 5.26 Å². The van der Waals surface area contributed by atoms with Crippen LogP contribution in [0.25, 0.3) is 66.1 Å². The Bertz CT molecular complexity index is 2260. The number of para-hydroxylation sites is 2. The minimum absolute atomic E-state index is 0.623. The van der Waals surface area contributed by atoms with E-state index in [-0.39, 0.29) is 0 Å². The summed E-state index contributed by atoms with van der Waals surface area (Å²) in [5.41, 5.74) is 11.4. The number of benzene rings is 5. The molecule has 0 aliphatic carbocycles. The summed E-state index contributed by atoms with van der Waals surface area (Å²) in [6.07, 6.45) is 3.93. The number of nitriles is 1. The van der Waals surface area contributed by atoms with Gasteiger partial charge in [-0.05, 0) is 66.9 Å². The molecule has 0 spiro atoms. The molecule has 0 bridgehead atoms. The van der Waals surface area contributed by atoms with E-state index in [0.717, 1.165) is 44.6 Å². The Morgan fingerprint density at radius 3 is 1.62 bits per heavy atom. The molecule has 0 aliphatic rings. The van der Waals surface area contributed by atoms with Crippen LogP contribution in [-0.2, 0) is 0 Å². The number of fused-ring (bicyclic) bond motifs is 6. The van der Waals surface area contributed by atoms with Crippen LogP contribution >= 0.6 is 0 Å². The van der Waals surface area contributed by atoms with Crippen LogP contribution < -0.4 is 0 Å². The minimum atomic E-state index is 0.623. The molecule has 4 nitrogen and oxygen atoms in total. The topological polar surface area (TPSA) is 46.5 Å². The summed E-state index contributed by atoms with van der Waals surface area (Å²) < 4.78 is 4.67. The third-order valence-electron chi connectivity index (χ3n) is 8.33. The Morgan fingerprint density at radius 2 is 1.07 bits per heavy atom. The first kappa shape index (κ1) is 24.2. The van der Waals surface area contributed by atoms with E-state index < -0.39 is 0 Å². The van der Waals surface area contributed by atoms with Crippen LogP contribution in [0.4, 0.5) is 0 Å². The van der Waals surface area contributed by atoms with E-state index in [1.54, 1.807) is 0 Å². The quantitative estimate of drug-likeness (QED) is 0.225. The lowest BCUT2D eigenvalue weighted by Gasteiger charge is -2.19. The number of pyridine rings is 1. The fraction of sp³-hybridized carbons (Fsp3) is 0.0526. The highest BCUT2D eigenvalue weighted by Gasteiger charge is 2.22. The molecule has 3 aromatic heterocycles. The summed E-state index contributed by atoms with van der Waals surface area (Å²) in [4.78, 5) is 4.89. The molecule has 5 aromatic carbocycles. The molecule has 0 saturated carbocycles. The molecule has 4 heteroatoms. The molecular formula is C38H26N4. The van der Waals surface area contributed by atoms with E-state index in [0.29, 0.717) is 5.56 Å². The van der Waals surface area contributed by atoms with Crippen LogP contribution in [0.3, 0.4) is 0 Å². The molecule has 8 aromatic rings. The highest BCUT2D eigenvalue weighted by atomic mass is 15.0. The lowest BCUT2D eigenvalue weighted by atomic mass is 10.0.